The zero-order valence-corrected chi connectivity index (χ0v) is 24.2. The van der Waals surface area contributed by atoms with Crippen molar-refractivity contribution in [1.29, 1.82) is 0 Å². The number of nitrogens with zero attached hydrogens (tertiary/aromatic N) is 3. The molecule has 1 aromatic heterocycles. The van der Waals surface area contributed by atoms with E-state index in [4.69, 9.17) is 27.9 Å². The number of amides is 1. The number of benzene rings is 3. The molecule has 1 aliphatic carbocycles. The maximum absolute atomic E-state index is 16.1. The number of alkyl halides is 2. The summed E-state index contributed by atoms with van der Waals surface area (Å²) in [6.45, 7) is -0.0129. The van der Waals surface area contributed by atoms with Gasteiger partial charge in [-0.1, -0.05) is 41.4 Å². The molecule has 13 heteroatoms. The van der Waals surface area contributed by atoms with E-state index in [2.05, 4.69) is 10.4 Å². The smallest absolute Gasteiger partial charge is 0.335 e. The monoisotopic (exact) mass is 642 g/mol. The van der Waals surface area contributed by atoms with Gasteiger partial charge in [-0.25, -0.2) is 22.6 Å². The van der Waals surface area contributed by atoms with Crippen LogP contribution < -0.4 is 10.1 Å². The molecule has 5 atom stereocenters. The summed E-state index contributed by atoms with van der Waals surface area (Å²) in [5.41, 5.74) is -0.0503. The van der Waals surface area contributed by atoms with Crippen molar-refractivity contribution in [3.05, 3.63) is 87.2 Å². The number of rotatable bonds is 4. The van der Waals surface area contributed by atoms with Crippen LogP contribution in [0, 0.1) is 17.7 Å². The Hall–Kier alpha value is -3.80. The average molecular weight is 643 g/mol. The second kappa shape index (κ2) is 9.35. The zero-order valence-electron chi connectivity index (χ0n) is 22.7. The molecule has 2 N–H and O–H groups in total. The van der Waals surface area contributed by atoms with E-state index < -0.39 is 53.0 Å². The predicted octanol–water partition coefficient (Wildman–Crippen LogP) is 6.16. The summed E-state index contributed by atoms with van der Waals surface area (Å²) in [6.07, 6.45) is -0.318. The quantitative estimate of drug-likeness (QED) is 0.277. The van der Waals surface area contributed by atoms with Gasteiger partial charge in [-0.05, 0) is 42.0 Å². The number of hydrogen-bond acceptors (Lipinski definition) is 5. The molecule has 3 aliphatic heterocycles. The highest BCUT2D eigenvalue weighted by atomic mass is 35.5. The first-order valence-corrected chi connectivity index (χ1v) is 14.8. The van der Waals surface area contributed by atoms with E-state index in [0.29, 0.717) is 33.1 Å². The van der Waals surface area contributed by atoms with Crippen LogP contribution in [-0.2, 0) is 16.9 Å². The van der Waals surface area contributed by atoms with Gasteiger partial charge in [0.05, 0.1) is 27.5 Å². The topological polar surface area (TPSA) is 96.7 Å². The van der Waals surface area contributed by atoms with Gasteiger partial charge in [0.1, 0.15) is 18.0 Å². The molecule has 4 aromatic rings. The molecule has 4 heterocycles. The first-order valence-electron chi connectivity index (χ1n) is 14.1. The molecule has 2 fully saturated rings. The van der Waals surface area contributed by atoms with Crippen LogP contribution in [0.5, 0.6) is 5.88 Å². The van der Waals surface area contributed by atoms with Gasteiger partial charge in [-0.3, -0.25) is 9.69 Å². The lowest BCUT2D eigenvalue weighted by Gasteiger charge is -2.40. The van der Waals surface area contributed by atoms with Gasteiger partial charge in [-0.2, -0.15) is 5.10 Å². The molecular formula is C31H23Cl2F3N4O4. The van der Waals surface area contributed by atoms with Crippen molar-refractivity contribution < 1.29 is 32.6 Å². The number of fused-ring (bicyclic) bond motifs is 6. The Kier molecular flexibility index (Phi) is 5.89. The fraction of sp³-hybridized carbons (Fsp3) is 0.323. The highest BCUT2D eigenvalue weighted by Gasteiger charge is 2.70. The highest BCUT2D eigenvalue weighted by Crippen LogP contribution is 2.62. The Balaban J connectivity index is 1.36. The van der Waals surface area contributed by atoms with Crippen LogP contribution in [0.3, 0.4) is 0 Å². The van der Waals surface area contributed by atoms with Crippen LogP contribution in [0.25, 0.3) is 10.9 Å². The van der Waals surface area contributed by atoms with Crippen molar-refractivity contribution in [3.63, 3.8) is 0 Å². The maximum Gasteiger partial charge on any atom is 0.335 e. The van der Waals surface area contributed by atoms with Crippen LogP contribution in [-0.4, -0.2) is 56.8 Å². The number of ether oxygens (including phenoxy) is 1. The summed E-state index contributed by atoms with van der Waals surface area (Å²) in [5, 5.41) is 17.9. The predicted molar refractivity (Wildman–Crippen MR) is 155 cm³/mol. The molecule has 1 saturated carbocycles. The molecule has 4 aliphatic rings. The zero-order chi connectivity index (χ0) is 30.7. The fourth-order valence-corrected chi connectivity index (χ4v) is 7.97. The van der Waals surface area contributed by atoms with Gasteiger partial charge >= 0.3 is 5.97 Å². The van der Waals surface area contributed by atoms with Crippen LogP contribution >= 0.6 is 23.2 Å². The van der Waals surface area contributed by atoms with Gasteiger partial charge in [0.2, 0.25) is 11.8 Å². The number of aromatic nitrogens is 2. The van der Waals surface area contributed by atoms with E-state index >= 15 is 4.39 Å². The number of anilines is 1. The minimum absolute atomic E-state index is 0.0128. The molecule has 1 saturated heterocycles. The largest absolute Gasteiger partial charge is 0.478 e. The summed E-state index contributed by atoms with van der Waals surface area (Å²) in [7, 11) is 0. The number of carboxylic acids is 1. The molecule has 1 unspecified atom stereocenters. The molecule has 0 radical (unpaired) electrons. The Morgan fingerprint density at radius 3 is 2.70 bits per heavy atom. The highest BCUT2D eigenvalue weighted by molar-refractivity contribution is 6.31. The van der Waals surface area contributed by atoms with Crippen molar-refractivity contribution >= 4 is 51.7 Å². The summed E-state index contributed by atoms with van der Waals surface area (Å²) in [5.74, 6) is -7.27. The van der Waals surface area contributed by atoms with Gasteiger partial charge < -0.3 is 15.2 Å². The molecule has 1 amide bonds. The maximum atomic E-state index is 16.1. The third-order valence-corrected chi connectivity index (χ3v) is 10.1. The van der Waals surface area contributed by atoms with Crippen LogP contribution in [0.4, 0.5) is 18.9 Å². The normalized spacial score (nSPS) is 28.2. The van der Waals surface area contributed by atoms with Crippen molar-refractivity contribution in [2.45, 2.75) is 36.4 Å². The molecule has 0 bridgehead atoms. The van der Waals surface area contributed by atoms with Gasteiger partial charge in [0.25, 0.3) is 5.92 Å². The average Bonchev–Trinajstić information content (AvgIpc) is 3.22. The van der Waals surface area contributed by atoms with E-state index in [1.54, 1.807) is 46.0 Å². The van der Waals surface area contributed by atoms with E-state index in [1.165, 1.54) is 18.2 Å². The molecule has 226 valence electrons. The molecule has 3 aromatic carbocycles. The van der Waals surface area contributed by atoms with E-state index in [-0.39, 0.29) is 42.3 Å². The van der Waals surface area contributed by atoms with Crippen molar-refractivity contribution in [2.75, 3.05) is 18.5 Å². The minimum atomic E-state index is -2.88. The van der Waals surface area contributed by atoms with Crippen molar-refractivity contribution in [1.82, 2.24) is 14.7 Å². The number of aromatic carboxylic acids is 1. The van der Waals surface area contributed by atoms with Crippen LogP contribution in [0.2, 0.25) is 10.0 Å². The molecule has 8 rings (SSSR count). The molecule has 8 nitrogen and oxygen atoms in total. The minimum Gasteiger partial charge on any atom is -0.478 e. The first kappa shape index (κ1) is 27.7. The third kappa shape index (κ3) is 3.78. The van der Waals surface area contributed by atoms with E-state index in [1.807, 2.05) is 0 Å². The SMILES string of the molecule is O=C(O)c1ccc2c3n(nc2c1)C[C@@H]1[C@H](CO3)N(CC2CC2(F)F)[C@@]2(C(=O)Nc3cc(Cl)ccc32)[C@H]1c1cccc(Cl)c1F. The number of likely N-dealkylation sites (tertiary alicyclic amines) is 1. The summed E-state index contributed by atoms with van der Waals surface area (Å²) >= 11 is 12.6. The number of carboxylic acid groups (broad SMARTS) is 1. The van der Waals surface area contributed by atoms with Crippen molar-refractivity contribution in [2.24, 2.45) is 11.8 Å². The molecule has 44 heavy (non-hydrogen) atoms. The summed E-state index contributed by atoms with van der Waals surface area (Å²) in [6, 6.07) is 13.4. The van der Waals surface area contributed by atoms with Crippen LogP contribution in [0.15, 0.2) is 54.6 Å². The van der Waals surface area contributed by atoms with Gasteiger partial charge in [0.15, 0.2) is 0 Å². The Morgan fingerprint density at radius 1 is 1.16 bits per heavy atom. The Labute approximate surface area is 258 Å². The van der Waals surface area contributed by atoms with Crippen LogP contribution in [0.1, 0.15) is 33.8 Å². The number of carbonyl (C=O) groups excluding carboxylic acids is 1. The molecular weight excluding hydrogens is 620 g/mol. The Bertz CT molecular complexity index is 1920. The lowest BCUT2D eigenvalue weighted by atomic mass is 9.71. The summed E-state index contributed by atoms with van der Waals surface area (Å²) in [4.78, 5) is 27.8. The van der Waals surface area contributed by atoms with Gasteiger partial charge in [0, 0.05) is 53.5 Å². The number of nitrogens with one attached hydrogen (secondary N) is 1. The number of hydrogen-bond donors (Lipinski definition) is 2. The Morgan fingerprint density at radius 2 is 1.95 bits per heavy atom. The third-order valence-electron chi connectivity index (χ3n) is 9.61. The fourth-order valence-electron chi connectivity index (χ4n) is 7.61. The number of carbonyl (C=O) groups is 2. The molecule has 1 spiro atoms. The van der Waals surface area contributed by atoms with Gasteiger partial charge in [-0.15, -0.1) is 0 Å². The first-order chi connectivity index (χ1) is 21.0. The lowest BCUT2D eigenvalue weighted by molar-refractivity contribution is -0.128. The lowest BCUT2D eigenvalue weighted by Crippen LogP contribution is -2.54. The number of halogens is 5. The standard InChI is InChI=1S/C31H23Cl2F3N4O4/c32-16-5-7-20-23(9-16)37-29(43)31(20)25(18-2-1-3-21(33)26(18)34)19-12-40-27(17-6-4-14(28(41)42)8-22(17)38-40)44-13-24(19)39(31)11-15-10-30(15,35)36/h1-9,15,19,24-25H,10-13H2,(H,37,43)(H,41,42)/t15?,19-,24+,25+,31-/m1/s1. The van der Waals surface area contributed by atoms with E-state index in [0.717, 1.165) is 0 Å². The summed E-state index contributed by atoms with van der Waals surface area (Å²) < 4.78 is 53.1. The van der Waals surface area contributed by atoms with E-state index in [9.17, 15) is 23.5 Å². The second-order valence-corrected chi connectivity index (χ2v) is 12.8. The van der Waals surface area contributed by atoms with Crippen molar-refractivity contribution in [3.8, 4) is 5.88 Å². The second-order valence-electron chi connectivity index (χ2n) is 11.9.